The molecule has 1 saturated heterocycles. The maximum atomic E-state index is 12.5. The predicted octanol–water partition coefficient (Wildman–Crippen LogP) is 1.22. The van der Waals surface area contributed by atoms with Crippen LogP contribution in [0.15, 0.2) is 18.7 Å². The summed E-state index contributed by atoms with van der Waals surface area (Å²) < 4.78 is 7.59. The van der Waals surface area contributed by atoms with Crippen LogP contribution >= 0.6 is 0 Å². The molecule has 6 heteroatoms. The number of morpholine rings is 1. The van der Waals surface area contributed by atoms with Crippen LogP contribution < -0.4 is 0 Å². The molecule has 1 aromatic rings. The third-order valence-electron chi connectivity index (χ3n) is 3.86. The molecule has 21 heavy (non-hydrogen) atoms. The SMILES string of the molecule is CCCC(CC(=O)N1CC(C)OC(CO)C1)n1ccnc1. The van der Waals surface area contributed by atoms with E-state index >= 15 is 0 Å². The van der Waals surface area contributed by atoms with E-state index in [4.69, 9.17) is 4.74 Å². The van der Waals surface area contributed by atoms with Crippen LogP contribution in [-0.2, 0) is 9.53 Å². The van der Waals surface area contributed by atoms with Gasteiger partial charge in [-0.2, -0.15) is 0 Å². The number of hydrogen-bond donors (Lipinski definition) is 1. The molecule has 6 nitrogen and oxygen atoms in total. The zero-order chi connectivity index (χ0) is 15.2. The van der Waals surface area contributed by atoms with Crippen LogP contribution in [0.25, 0.3) is 0 Å². The van der Waals surface area contributed by atoms with Gasteiger partial charge in [-0.25, -0.2) is 4.98 Å². The van der Waals surface area contributed by atoms with E-state index in [1.54, 1.807) is 12.5 Å². The Morgan fingerprint density at radius 3 is 2.95 bits per heavy atom. The molecule has 0 aliphatic carbocycles. The Balaban J connectivity index is 1.98. The molecule has 1 fully saturated rings. The normalized spacial score (nSPS) is 24.0. The van der Waals surface area contributed by atoms with Gasteiger partial charge in [0.15, 0.2) is 0 Å². The van der Waals surface area contributed by atoms with Gasteiger partial charge in [0, 0.05) is 37.9 Å². The Bertz CT molecular complexity index is 435. The summed E-state index contributed by atoms with van der Waals surface area (Å²) in [6.07, 6.45) is 7.56. The van der Waals surface area contributed by atoms with Crippen LogP contribution in [0.3, 0.4) is 0 Å². The first kappa shape index (κ1) is 16.0. The van der Waals surface area contributed by atoms with Crippen LogP contribution in [0.2, 0.25) is 0 Å². The fourth-order valence-corrected chi connectivity index (χ4v) is 2.86. The van der Waals surface area contributed by atoms with Crippen molar-refractivity contribution >= 4 is 5.91 Å². The van der Waals surface area contributed by atoms with Crippen molar-refractivity contribution < 1.29 is 14.6 Å². The van der Waals surface area contributed by atoms with Crippen molar-refractivity contribution in [3.8, 4) is 0 Å². The number of carbonyl (C=O) groups excluding carboxylic acids is 1. The van der Waals surface area contributed by atoms with E-state index < -0.39 is 0 Å². The number of aliphatic hydroxyl groups excluding tert-OH is 1. The number of nitrogens with zero attached hydrogens (tertiary/aromatic N) is 3. The molecule has 1 aromatic heterocycles. The monoisotopic (exact) mass is 295 g/mol. The van der Waals surface area contributed by atoms with E-state index in [9.17, 15) is 9.90 Å². The molecule has 0 aromatic carbocycles. The molecule has 0 radical (unpaired) electrons. The largest absolute Gasteiger partial charge is 0.394 e. The number of imidazole rings is 1. The summed E-state index contributed by atoms with van der Waals surface area (Å²) in [5.74, 6) is 0.121. The van der Waals surface area contributed by atoms with Gasteiger partial charge in [0.1, 0.15) is 0 Å². The molecule has 1 amide bonds. The fraction of sp³-hybridized carbons (Fsp3) is 0.733. The Kier molecular flexibility index (Phi) is 5.76. The molecule has 2 heterocycles. The summed E-state index contributed by atoms with van der Waals surface area (Å²) in [7, 11) is 0. The smallest absolute Gasteiger partial charge is 0.224 e. The molecule has 1 N–H and O–H groups in total. The Morgan fingerprint density at radius 2 is 2.33 bits per heavy atom. The predicted molar refractivity (Wildman–Crippen MR) is 78.8 cm³/mol. The molecule has 118 valence electrons. The number of aromatic nitrogens is 2. The second kappa shape index (κ2) is 7.56. The summed E-state index contributed by atoms with van der Waals surface area (Å²) in [5, 5.41) is 9.25. The van der Waals surface area contributed by atoms with Gasteiger partial charge in [-0.05, 0) is 13.3 Å². The van der Waals surface area contributed by atoms with Gasteiger partial charge in [-0.1, -0.05) is 13.3 Å². The number of carbonyl (C=O) groups is 1. The highest BCUT2D eigenvalue weighted by molar-refractivity contribution is 5.76. The van der Waals surface area contributed by atoms with Gasteiger partial charge in [0.05, 0.1) is 25.1 Å². The molecule has 1 aliphatic heterocycles. The second-order valence-corrected chi connectivity index (χ2v) is 5.71. The number of hydrogen-bond acceptors (Lipinski definition) is 4. The average Bonchev–Trinajstić information content (AvgIpc) is 3.00. The molecule has 2 rings (SSSR count). The van der Waals surface area contributed by atoms with E-state index in [1.807, 2.05) is 22.6 Å². The Hall–Kier alpha value is -1.40. The van der Waals surface area contributed by atoms with Gasteiger partial charge in [-0.3, -0.25) is 4.79 Å². The van der Waals surface area contributed by atoms with Gasteiger partial charge in [0.25, 0.3) is 0 Å². The van der Waals surface area contributed by atoms with Crippen LogP contribution in [-0.4, -0.2) is 57.4 Å². The molecule has 3 unspecified atom stereocenters. The van der Waals surface area contributed by atoms with Crippen molar-refractivity contribution in [1.29, 1.82) is 0 Å². The third kappa shape index (κ3) is 4.28. The van der Waals surface area contributed by atoms with E-state index in [1.165, 1.54) is 0 Å². The minimum absolute atomic E-state index is 0.0299. The van der Waals surface area contributed by atoms with Crippen LogP contribution in [0.4, 0.5) is 0 Å². The zero-order valence-corrected chi connectivity index (χ0v) is 12.8. The quantitative estimate of drug-likeness (QED) is 0.857. The first-order valence-corrected chi connectivity index (χ1v) is 7.65. The van der Waals surface area contributed by atoms with E-state index in [0.29, 0.717) is 19.5 Å². The minimum Gasteiger partial charge on any atom is -0.394 e. The maximum Gasteiger partial charge on any atom is 0.224 e. The highest BCUT2D eigenvalue weighted by Gasteiger charge is 2.29. The van der Waals surface area contributed by atoms with Crippen molar-refractivity contribution in [2.24, 2.45) is 0 Å². The van der Waals surface area contributed by atoms with Crippen molar-refractivity contribution in [1.82, 2.24) is 14.5 Å². The molecule has 3 atom stereocenters. The fourth-order valence-electron chi connectivity index (χ4n) is 2.86. The number of aliphatic hydroxyl groups is 1. The molecular formula is C15H25N3O3. The standard InChI is InChI=1S/C15H25N3O3/c1-3-4-13(17-6-5-16-11-17)7-15(20)18-8-12(2)21-14(9-18)10-19/h5-6,11-14,19H,3-4,7-10H2,1-2H3. The van der Waals surface area contributed by atoms with Crippen molar-refractivity contribution in [3.05, 3.63) is 18.7 Å². The highest BCUT2D eigenvalue weighted by Crippen LogP contribution is 2.21. The van der Waals surface area contributed by atoms with Gasteiger partial charge < -0.3 is 19.3 Å². The van der Waals surface area contributed by atoms with Crippen molar-refractivity contribution in [3.63, 3.8) is 0 Å². The third-order valence-corrected chi connectivity index (χ3v) is 3.86. The lowest BCUT2D eigenvalue weighted by Gasteiger charge is -2.36. The minimum atomic E-state index is -0.268. The Morgan fingerprint density at radius 1 is 1.52 bits per heavy atom. The lowest BCUT2D eigenvalue weighted by molar-refractivity contribution is -0.147. The molecule has 1 aliphatic rings. The highest BCUT2D eigenvalue weighted by atomic mass is 16.5. The van der Waals surface area contributed by atoms with Crippen LogP contribution in [0.5, 0.6) is 0 Å². The first-order valence-electron chi connectivity index (χ1n) is 7.65. The topological polar surface area (TPSA) is 67.6 Å². The summed E-state index contributed by atoms with van der Waals surface area (Å²) in [6.45, 7) is 5.07. The van der Waals surface area contributed by atoms with E-state index in [0.717, 1.165) is 12.8 Å². The first-order chi connectivity index (χ1) is 10.1. The maximum absolute atomic E-state index is 12.5. The van der Waals surface area contributed by atoms with Crippen molar-refractivity contribution in [2.45, 2.75) is 51.4 Å². The number of rotatable bonds is 6. The number of amides is 1. The summed E-state index contributed by atoms with van der Waals surface area (Å²) in [6, 6.07) is 0.149. The molecule has 0 bridgehead atoms. The van der Waals surface area contributed by atoms with Crippen LogP contribution in [0.1, 0.15) is 39.2 Å². The van der Waals surface area contributed by atoms with Gasteiger partial charge in [-0.15, -0.1) is 0 Å². The summed E-state index contributed by atoms with van der Waals surface area (Å²) in [5.41, 5.74) is 0. The lowest BCUT2D eigenvalue weighted by atomic mass is 10.1. The average molecular weight is 295 g/mol. The Labute approximate surface area is 125 Å². The van der Waals surface area contributed by atoms with Crippen molar-refractivity contribution in [2.75, 3.05) is 19.7 Å². The van der Waals surface area contributed by atoms with Gasteiger partial charge >= 0.3 is 0 Å². The van der Waals surface area contributed by atoms with E-state index in [-0.39, 0.29) is 30.8 Å². The lowest BCUT2D eigenvalue weighted by Crippen LogP contribution is -2.50. The van der Waals surface area contributed by atoms with E-state index in [2.05, 4.69) is 11.9 Å². The summed E-state index contributed by atoms with van der Waals surface area (Å²) >= 11 is 0. The summed E-state index contributed by atoms with van der Waals surface area (Å²) in [4.78, 5) is 18.4. The number of ether oxygens (including phenoxy) is 1. The molecular weight excluding hydrogens is 270 g/mol. The molecule has 0 spiro atoms. The molecule has 0 saturated carbocycles. The zero-order valence-electron chi connectivity index (χ0n) is 12.8. The second-order valence-electron chi connectivity index (χ2n) is 5.71. The van der Waals surface area contributed by atoms with Gasteiger partial charge in [0.2, 0.25) is 5.91 Å². The van der Waals surface area contributed by atoms with Crippen LogP contribution in [0, 0.1) is 0 Å².